The predicted octanol–water partition coefficient (Wildman–Crippen LogP) is 4.39. The summed E-state index contributed by atoms with van der Waals surface area (Å²) in [6, 6.07) is 12.0. The van der Waals surface area contributed by atoms with E-state index in [1.54, 1.807) is 36.4 Å². The van der Waals surface area contributed by atoms with Crippen molar-refractivity contribution in [1.82, 2.24) is 14.9 Å². The van der Waals surface area contributed by atoms with Crippen LogP contribution < -0.4 is 10.9 Å². The molecule has 0 spiro atoms. The number of aromatic amines is 1. The van der Waals surface area contributed by atoms with E-state index in [1.165, 1.54) is 4.57 Å². The molecule has 0 bridgehead atoms. The minimum absolute atomic E-state index is 0.190. The van der Waals surface area contributed by atoms with Crippen molar-refractivity contribution in [1.29, 1.82) is 0 Å². The van der Waals surface area contributed by atoms with Crippen molar-refractivity contribution in [3.8, 4) is 0 Å². The first kappa shape index (κ1) is 19.1. The Bertz CT molecular complexity index is 1130. The average molecular weight is 400 g/mol. The van der Waals surface area contributed by atoms with Crippen LogP contribution in [0.1, 0.15) is 28.9 Å². The lowest BCUT2D eigenvalue weighted by Gasteiger charge is -2.15. The Balaban J connectivity index is 1.90. The highest BCUT2D eigenvalue weighted by Crippen LogP contribution is 2.17. The van der Waals surface area contributed by atoms with Crippen LogP contribution >= 0.6 is 23.8 Å². The quantitative estimate of drug-likeness (QED) is 0.494. The molecule has 0 saturated heterocycles. The Kier molecular flexibility index (Phi) is 5.58. The van der Waals surface area contributed by atoms with Crippen LogP contribution in [0, 0.1) is 4.77 Å². The molecule has 5 nitrogen and oxygen atoms in total. The molecule has 3 rings (SSSR count). The fourth-order valence-corrected chi connectivity index (χ4v) is 3.20. The lowest BCUT2D eigenvalue weighted by Crippen LogP contribution is -2.27. The monoisotopic (exact) mass is 399 g/mol. The van der Waals surface area contributed by atoms with Crippen LogP contribution in [0.2, 0.25) is 5.02 Å². The zero-order valence-electron chi connectivity index (χ0n) is 14.7. The largest absolute Gasteiger partial charge is 0.346 e. The van der Waals surface area contributed by atoms with Gasteiger partial charge in [0.15, 0.2) is 4.77 Å². The number of H-pyrrole nitrogens is 1. The summed E-state index contributed by atoms with van der Waals surface area (Å²) in [6.45, 7) is 5.85. The summed E-state index contributed by atoms with van der Waals surface area (Å²) in [6.07, 6.45) is 1.61. The second-order valence-electron chi connectivity index (χ2n) is 6.14. The van der Waals surface area contributed by atoms with Gasteiger partial charge in [0.05, 0.1) is 16.9 Å². The normalized spacial score (nSPS) is 11.9. The van der Waals surface area contributed by atoms with Gasteiger partial charge in [-0.05, 0) is 55.0 Å². The number of halogens is 1. The maximum absolute atomic E-state index is 12.6. The summed E-state index contributed by atoms with van der Waals surface area (Å²) in [5, 5.41) is 4.05. The lowest BCUT2D eigenvalue weighted by atomic mass is 10.1. The van der Waals surface area contributed by atoms with Gasteiger partial charge in [0.2, 0.25) is 0 Å². The number of carbonyl (C=O) groups excluding carboxylic acids is 1. The Labute approximate surface area is 166 Å². The molecular formula is C20H18ClN3O2S. The number of nitrogens with zero attached hydrogens (tertiary/aromatic N) is 1. The smallest absolute Gasteiger partial charge is 0.262 e. The van der Waals surface area contributed by atoms with Gasteiger partial charge in [0, 0.05) is 17.1 Å². The van der Waals surface area contributed by atoms with E-state index < -0.39 is 0 Å². The molecule has 0 saturated carbocycles. The highest BCUT2D eigenvalue weighted by molar-refractivity contribution is 7.71. The molecule has 1 atom stereocenters. The van der Waals surface area contributed by atoms with Crippen molar-refractivity contribution < 1.29 is 4.79 Å². The Morgan fingerprint density at radius 2 is 2.04 bits per heavy atom. The fourth-order valence-electron chi connectivity index (χ4n) is 2.81. The molecule has 1 heterocycles. The third-order valence-corrected chi connectivity index (χ3v) is 4.85. The van der Waals surface area contributed by atoms with E-state index >= 15 is 0 Å². The number of allylic oxidation sites excluding steroid dienone is 1. The number of fused-ring (bicyclic) bond motifs is 1. The molecule has 0 aliphatic heterocycles. The molecule has 0 fully saturated rings. The number of amides is 1. The number of hydrogen-bond donors (Lipinski definition) is 2. The predicted molar refractivity (Wildman–Crippen MR) is 111 cm³/mol. The van der Waals surface area contributed by atoms with Gasteiger partial charge in [-0.15, -0.1) is 6.58 Å². The molecule has 7 heteroatoms. The van der Waals surface area contributed by atoms with Crippen LogP contribution in [0.25, 0.3) is 10.9 Å². The summed E-state index contributed by atoms with van der Waals surface area (Å²) in [7, 11) is 0. The van der Waals surface area contributed by atoms with Gasteiger partial charge in [0.1, 0.15) is 0 Å². The van der Waals surface area contributed by atoms with Crippen LogP contribution in [0.15, 0.2) is 59.9 Å². The maximum atomic E-state index is 12.6. The Morgan fingerprint density at radius 3 is 2.70 bits per heavy atom. The number of hydrogen-bond acceptors (Lipinski definition) is 3. The maximum Gasteiger partial charge on any atom is 0.262 e. The van der Waals surface area contributed by atoms with E-state index in [0.717, 1.165) is 5.56 Å². The summed E-state index contributed by atoms with van der Waals surface area (Å²) < 4.78 is 1.71. The molecule has 3 aromatic rings. The zero-order chi connectivity index (χ0) is 19.6. The standard InChI is InChI=1S/C20H18ClN3O2S/c1-3-10-24-19(26)16-9-6-14(11-17(16)23-20(24)27)18(25)22-12(2)13-4-7-15(21)8-5-13/h3-9,11-12H,1,10H2,2H3,(H,22,25)(H,23,27). The molecule has 2 N–H and O–H groups in total. The summed E-state index contributed by atoms with van der Waals surface area (Å²) >= 11 is 11.1. The molecule has 138 valence electrons. The zero-order valence-corrected chi connectivity index (χ0v) is 16.2. The van der Waals surface area contributed by atoms with Gasteiger partial charge < -0.3 is 10.3 Å². The van der Waals surface area contributed by atoms with Crippen molar-refractivity contribution in [3.05, 3.63) is 86.4 Å². The van der Waals surface area contributed by atoms with Gasteiger partial charge in [-0.25, -0.2) is 0 Å². The first-order valence-corrected chi connectivity index (χ1v) is 9.13. The van der Waals surface area contributed by atoms with Gasteiger partial charge in [-0.2, -0.15) is 0 Å². The summed E-state index contributed by atoms with van der Waals surface area (Å²) in [4.78, 5) is 28.1. The minimum Gasteiger partial charge on any atom is -0.346 e. The SMILES string of the molecule is C=CCn1c(=S)[nH]c2cc(C(=O)NC(C)c3ccc(Cl)cc3)ccc2c1=O. The summed E-state index contributed by atoms with van der Waals surface area (Å²) in [5.41, 5.74) is 1.70. The molecular weight excluding hydrogens is 382 g/mol. The van der Waals surface area contributed by atoms with Gasteiger partial charge >= 0.3 is 0 Å². The van der Waals surface area contributed by atoms with Crippen LogP contribution in [0.4, 0.5) is 0 Å². The average Bonchev–Trinajstić information content (AvgIpc) is 2.65. The molecule has 0 aliphatic rings. The van der Waals surface area contributed by atoms with Gasteiger partial charge in [-0.1, -0.05) is 29.8 Å². The van der Waals surface area contributed by atoms with Crippen molar-refractivity contribution in [2.75, 3.05) is 0 Å². The van der Waals surface area contributed by atoms with Crippen molar-refractivity contribution >= 4 is 40.6 Å². The third-order valence-electron chi connectivity index (χ3n) is 4.27. The van der Waals surface area contributed by atoms with Gasteiger partial charge in [-0.3, -0.25) is 14.2 Å². The van der Waals surface area contributed by atoms with Gasteiger partial charge in [0.25, 0.3) is 11.5 Å². The molecule has 1 aromatic heterocycles. The third kappa shape index (κ3) is 4.02. The van der Waals surface area contributed by atoms with Crippen molar-refractivity contribution in [3.63, 3.8) is 0 Å². The van der Waals surface area contributed by atoms with Crippen LogP contribution in [0.5, 0.6) is 0 Å². The Hall–Kier alpha value is -2.70. The van der Waals surface area contributed by atoms with E-state index in [9.17, 15) is 9.59 Å². The number of rotatable bonds is 5. The molecule has 27 heavy (non-hydrogen) atoms. The van der Waals surface area contributed by atoms with E-state index in [2.05, 4.69) is 16.9 Å². The second kappa shape index (κ2) is 7.90. The topological polar surface area (TPSA) is 66.9 Å². The van der Waals surface area contributed by atoms with Crippen LogP contribution in [0.3, 0.4) is 0 Å². The molecule has 2 aromatic carbocycles. The minimum atomic E-state index is -0.242. The highest BCUT2D eigenvalue weighted by atomic mass is 35.5. The number of carbonyl (C=O) groups is 1. The first-order chi connectivity index (χ1) is 12.9. The van der Waals surface area contributed by atoms with E-state index in [4.69, 9.17) is 23.8 Å². The van der Waals surface area contributed by atoms with E-state index in [1.807, 2.05) is 19.1 Å². The lowest BCUT2D eigenvalue weighted by molar-refractivity contribution is 0.0940. The fraction of sp³-hybridized carbons (Fsp3) is 0.150. The second-order valence-corrected chi connectivity index (χ2v) is 6.96. The Morgan fingerprint density at radius 1 is 1.33 bits per heavy atom. The molecule has 0 aliphatic carbocycles. The molecule has 0 radical (unpaired) electrons. The van der Waals surface area contributed by atoms with Crippen molar-refractivity contribution in [2.24, 2.45) is 0 Å². The van der Waals surface area contributed by atoms with Crippen LogP contribution in [-0.4, -0.2) is 15.5 Å². The number of benzene rings is 2. The number of aromatic nitrogens is 2. The summed E-state index contributed by atoms with van der Waals surface area (Å²) in [5.74, 6) is -0.242. The van der Waals surface area contributed by atoms with E-state index in [0.29, 0.717) is 32.8 Å². The van der Waals surface area contributed by atoms with Crippen LogP contribution in [-0.2, 0) is 6.54 Å². The number of nitrogens with one attached hydrogen (secondary N) is 2. The molecule has 1 unspecified atom stereocenters. The first-order valence-electron chi connectivity index (χ1n) is 8.35. The highest BCUT2D eigenvalue weighted by Gasteiger charge is 2.13. The molecule has 1 amide bonds. The van der Waals surface area contributed by atoms with E-state index in [-0.39, 0.29) is 17.5 Å². The van der Waals surface area contributed by atoms with Crippen molar-refractivity contribution in [2.45, 2.75) is 19.5 Å².